The first-order chi connectivity index (χ1) is 15.4. The quantitative estimate of drug-likeness (QED) is 0.555. The van der Waals surface area contributed by atoms with Crippen LogP contribution in [0.4, 0.5) is 5.69 Å². The second-order valence-corrected chi connectivity index (χ2v) is 10.3. The maximum atomic E-state index is 13.2. The Hall–Kier alpha value is -2.74. The van der Waals surface area contributed by atoms with Crippen molar-refractivity contribution in [3.8, 4) is 11.5 Å². The number of fused-ring (bicyclic) bond motifs is 1. The fourth-order valence-electron chi connectivity index (χ4n) is 4.21. The number of sulfonamides is 1. The van der Waals surface area contributed by atoms with Crippen LogP contribution in [0.15, 0.2) is 71.6 Å². The lowest BCUT2D eigenvalue weighted by Crippen LogP contribution is -2.37. The number of anilines is 1. The first-order valence-electron chi connectivity index (χ1n) is 10.5. The summed E-state index contributed by atoms with van der Waals surface area (Å²) in [7, 11) is -3.61. The molecule has 0 spiro atoms. The molecule has 3 aromatic rings. The Morgan fingerprint density at radius 1 is 0.875 bits per heavy atom. The molecule has 6 nitrogen and oxygen atoms in total. The van der Waals surface area contributed by atoms with E-state index in [1.807, 2.05) is 30.3 Å². The van der Waals surface area contributed by atoms with Crippen LogP contribution in [0.25, 0.3) is 0 Å². The van der Waals surface area contributed by atoms with Gasteiger partial charge >= 0.3 is 5.79 Å². The van der Waals surface area contributed by atoms with Gasteiger partial charge in [-0.05, 0) is 61.4 Å². The lowest BCUT2D eigenvalue weighted by Gasteiger charge is -2.29. The summed E-state index contributed by atoms with van der Waals surface area (Å²) in [5, 5.41) is 0.471. The molecule has 0 aliphatic carbocycles. The lowest BCUT2D eigenvalue weighted by molar-refractivity contribution is -0.0458. The van der Waals surface area contributed by atoms with Gasteiger partial charge in [-0.3, -0.25) is 0 Å². The maximum Gasteiger partial charge on any atom is 0.307 e. The first-order valence-corrected chi connectivity index (χ1v) is 12.4. The molecule has 1 unspecified atom stereocenters. The van der Waals surface area contributed by atoms with Crippen molar-refractivity contribution in [1.29, 1.82) is 0 Å². The summed E-state index contributed by atoms with van der Waals surface area (Å²) in [5.74, 6) is -0.568. The van der Waals surface area contributed by atoms with Crippen LogP contribution in [0.2, 0.25) is 5.02 Å². The van der Waals surface area contributed by atoms with Crippen LogP contribution < -0.4 is 15.2 Å². The van der Waals surface area contributed by atoms with Crippen LogP contribution in [0.5, 0.6) is 11.5 Å². The number of hydrogen-bond donors (Lipinski definition) is 1. The molecule has 0 amide bonds. The molecule has 2 N–H and O–H groups in total. The van der Waals surface area contributed by atoms with E-state index in [-0.39, 0.29) is 4.90 Å². The van der Waals surface area contributed by atoms with Gasteiger partial charge < -0.3 is 15.2 Å². The Morgan fingerprint density at radius 2 is 1.56 bits per heavy atom. The Labute approximate surface area is 192 Å². The topological polar surface area (TPSA) is 81.9 Å². The second-order valence-electron chi connectivity index (χ2n) is 8.00. The van der Waals surface area contributed by atoms with Crippen LogP contribution >= 0.6 is 11.6 Å². The van der Waals surface area contributed by atoms with Crippen molar-refractivity contribution >= 4 is 27.3 Å². The van der Waals surface area contributed by atoms with Crippen LogP contribution in [-0.4, -0.2) is 25.8 Å². The standard InChI is InChI=1S/C24H23ClN2O4S/c25-21-7-3-2-6-20(21)24(17-8-10-18(26)11-9-17)30-22-13-12-19(16-23(22)31-24)32(28,29)27-14-4-1-5-15-27/h2-3,6-13,16H,1,4-5,14-15,26H2. The zero-order valence-electron chi connectivity index (χ0n) is 17.3. The molecular formula is C24H23ClN2O4S. The predicted molar refractivity (Wildman–Crippen MR) is 123 cm³/mol. The number of benzene rings is 3. The molecule has 2 aliphatic heterocycles. The van der Waals surface area contributed by atoms with E-state index in [1.54, 1.807) is 30.3 Å². The number of piperidine rings is 1. The van der Waals surface area contributed by atoms with E-state index in [0.29, 0.717) is 46.4 Å². The molecule has 0 aromatic heterocycles. The molecular weight excluding hydrogens is 448 g/mol. The van der Waals surface area contributed by atoms with E-state index in [1.165, 1.54) is 10.4 Å². The molecule has 3 aromatic carbocycles. The van der Waals surface area contributed by atoms with Crippen molar-refractivity contribution < 1.29 is 17.9 Å². The van der Waals surface area contributed by atoms with Crippen molar-refractivity contribution in [2.75, 3.05) is 18.8 Å². The Kier molecular flexibility index (Phi) is 5.28. The Bertz CT molecular complexity index is 1260. The van der Waals surface area contributed by atoms with Gasteiger partial charge in [0.25, 0.3) is 0 Å². The average Bonchev–Trinajstić information content (AvgIpc) is 3.20. The normalized spacial score (nSPS) is 20.9. The minimum atomic E-state index is -3.61. The zero-order chi connectivity index (χ0) is 22.3. The van der Waals surface area contributed by atoms with Crippen LogP contribution in [-0.2, 0) is 15.8 Å². The largest absolute Gasteiger partial charge is 0.440 e. The highest BCUT2D eigenvalue weighted by molar-refractivity contribution is 7.89. The van der Waals surface area contributed by atoms with E-state index < -0.39 is 15.8 Å². The van der Waals surface area contributed by atoms with Crippen molar-refractivity contribution in [2.45, 2.75) is 29.9 Å². The smallest absolute Gasteiger partial charge is 0.307 e. The predicted octanol–water partition coefficient (Wildman–Crippen LogP) is 4.77. The number of rotatable bonds is 4. The SMILES string of the molecule is Nc1ccc(C2(c3ccccc3Cl)Oc3ccc(S(=O)(=O)N4CCCCC4)cc3O2)cc1. The average molecular weight is 471 g/mol. The summed E-state index contributed by atoms with van der Waals surface area (Å²) in [6.45, 7) is 1.07. The number of hydrogen-bond acceptors (Lipinski definition) is 5. The molecule has 8 heteroatoms. The molecule has 1 fully saturated rings. The second kappa shape index (κ2) is 7.99. The van der Waals surface area contributed by atoms with Gasteiger partial charge in [-0.15, -0.1) is 0 Å². The zero-order valence-corrected chi connectivity index (χ0v) is 18.9. The van der Waals surface area contributed by atoms with E-state index in [4.69, 9.17) is 26.8 Å². The maximum absolute atomic E-state index is 13.2. The molecule has 2 aliphatic rings. The molecule has 0 radical (unpaired) electrons. The molecule has 0 saturated carbocycles. The van der Waals surface area contributed by atoms with E-state index >= 15 is 0 Å². The summed E-state index contributed by atoms with van der Waals surface area (Å²) < 4.78 is 40.6. The molecule has 1 atom stereocenters. The summed E-state index contributed by atoms with van der Waals surface area (Å²) in [6.07, 6.45) is 2.79. The fourth-order valence-corrected chi connectivity index (χ4v) is 6.00. The molecule has 0 bridgehead atoms. The van der Waals surface area contributed by atoms with Gasteiger partial charge in [0.2, 0.25) is 10.0 Å². The van der Waals surface area contributed by atoms with E-state index in [9.17, 15) is 8.42 Å². The first kappa shape index (κ1) is 21.1. The van der Waals surface area contributed by atoms with Crippen LogP contribution in [0, 0.1) is 0 Å². The highest BCUT2D eigenvalue weighted by Gasteiger charge is 2.47. The third-order valence-electron chi connectivity index (χ3n) is 5.89. The molecule has 2 heterocycles. The van der Waals surface area contributed by atoms with Crippen LogP contribution in [0.1, 0.15) is 30.4 Å². The van der Waals surface area contributed by atoms with Gasteiger partial charge in [-0.1, -0.05) is 30.2 Å². The third-order valence-corrected chi connectivity index (χ3v) is 8.12. The van der Waals surface area contributed by atoms with Crippen molar-refractivity contribution in [3.63, 3.8) is 0 Å². The number of ether oxygens (including phenoxy) is 2. The Balaban J connectivity index is 1.58. The monoisotopic (exact) mass is 470 g/mol. The van der Waals surface area contributed by atoms with Crippen molar-refractivity contribution in [2.24, 2.45) is 0 Å². The number of halogens is 1. The molecule has 166 valence electrons. The van der Waals surface area contributed by atoms with Gasteiger partial charge in [0.1, 0.15) is 0 Å². The third kappa shape index (κ3) is 3.50. The van der Waals surface area contributed by atoms with Gasteiger partial charge in [-0.2, -0.15) is 4.31 Å². The number of nitrogen functional groups attached to an aromatic ring is 1. The number of nitrogens with zero attached hydrogens (tertiary/aromatic N) is 1. The van der Waals surface area contributed by atoms with E-state index in [0.717, 1.165) is 19.3 Å². The summed E-state index contributed by atoms with van der Waals surface area (Å²) in [4.78, 5) is 0.189. The van der Waals surface area contributed by atoms with Gasteiger partial charge in [0, 0.05) is 30.4 Å². The highest BCUT2D eigenvalue weighted by Crippen LogP contribution is 2.50. The lowest BCUT2D eigenvalue weighted by atomic mass is 9.97. The summed E-state index contributed by atoms with van der Waals surface area (Å²) in [5.41, 5.74) is 7.79. The fraction of sp³-hybridized carbons (Fsp3) is 0.250. The highest BCUT2D eigenvalue weighted by atomic mass is 35.5. The minimum Gasteiger partial charge on any atom is -0.440 e. The van der Waals surface area contributed by atoms with Crippen LogP contribution in [0.3, 0.4) is 0 Å². The molecule has 1 saturated heterocycles. The molecule has 32 heavy (non-hydrogen) atoms. The summed E-state index contributed by atoms with van der Waals surface area (Å²) >= 11 is 6.54. The van der Waals surface area contributed by atoms with E-state index in [2.05, 4.69) is 0 Å². The van der Waals surface area contributed by atoms with Gasteiger partial charge in [0.05, 0.1) is 15.5 Å². The van der Waals surface area contributed by atoms with Crippen molar-refractivity contribution in [1.82, 2.24) is 4.31 Å². The summed E-state index contributed by atoms with van der Waals surface area (Å²) in [6, 6.07) is 19.2. The minimum absolute atomic E-state index is 0.189. The molecule has 5 rings (SSSR count). The van der Waals surface area contributed by atoms with Gasteiger partial charge in [-0.25, -0.2) is 8.42 Å². The number of nitrogens with two attached hydrogens (primary N) is 1. The van der Waals surface area contributed by atoms with Gasteiger partial charge in [0.15, 0.2) is 11.5 Å². The Morgan fingerprint density at radius 3 is 2.28 bits per heavy atom. The van der Waals surface area contributed by atoms with Crippen molar-refractivity contribution in [3.05, 3.63) is 82.9 Å².